The predicted octanol–water partition coefficient (Wildman–Crippen LogP) is 7.95. The molecule has 0 unspecified atom stereocenters. The average Bonchev–Trinajstić information content (AvgIpc) is 2.89. The minimum atomic E-state index is 0.0803. The highest BCUT2D eigenvalue weighted by atomic mass is 15.2. The van der Waals surface area contributed by atoms with Gasteiger partial charge < -0.3 is 9.80 Å². The van der Waals surface area contributed by atoms with E-state index in [2.05, 4.69) is 129 Å². The molecule has 0 spiro atoms. The summed E-state index contributed by atoms with van der Waals surface area (Å²) < 4.78 is 0. The van der Waals surface area contributed by atoms with Gasteiger partial charge in [-0.25, -0.2) is 0 Å². The summed E-state index contributed by atoms with van der Waals surface area (Å²) in [6, 6.07) is 17.2. The molecule has 4 rings (SSSR count). The lowest BCUT2D eigenvalue weighted by atomic mass is 9.32. The monoisotopic (exact) mass is 456 g/mol. The Balaban J connectivity index is 2.09. The SMILES string of the molecule is C=CC1=C(C)N(c2ccccc2)c2cccc3c2B1C(/C=C\C)=C(C=C)N3C(/C=C\C=C/C)=C/C. The molecule has 2 aliphatic rings. The highest BCUT2D eigenvalue weighted by Crippen LogP contribution is 2.43. The minimum absolute atomic E-state index is 0.0803. The van der Waals surface area contributed by atoms with Crippen molar-refractivity contribution in [2.45, 2.75) is 27.7 Å². The fourth-order valence-electron chi connectivity index (χ4n) is 5.22. The third-order valence-corrected chi connectivity index (χ3v) is 6.64. The van der Waals surface area contributed by atoms with Gasteiger partial charge in [-0.3, -0.25) is 0 Å². The van der Waals surface area contributed by atoms with Gasteiger partial charge in [0.1, 0.15) is 0 Å². The van der Waals surface area contributed by atoms with E-state index >= 15 is 0 Å². The largest absolute Gasteiger partial charge is 0.315 e. The van der Waals surface area contributed by atoms with Crippen LogP contribution in [-0.4, -0.2) is 6.71 Å². The lowest BCUT2D eigenvalue weighted by Crippen LogP contribution is -2.50. The van der Waals surface area contributed by atoms with E-state index < -0.39 is 0 Å². The van der Waals surface area contributed by atoms with E-state index in [4.69, 9.17) is 0 Å². The molecule has 0 aliphatic carbocycles. The molecule has 0 saturated carbocycles. The molecule has 35 heavy (non-hydrogen) atoms. The van der Waals surface area contributed by atoms with Gasteiger partial charge in [-0.15, -0.1) is 0 Å². The van der Waals surface area contributed by atoms with Gasteiger partial charge >= 0.3 is 0 Å². The lowest BCUT2D eigenvalue weighted by molar-refractivity contribution is 1.10. The standard InChI is InChI=1S/C32H33BN2/c1-7-12-14-19-25(9-3)35-29(11-5)28(18-8-2)33-27(10-4)24(6)34(26-20-15-13-16-21-26)30-22-17-23-31(35)32(30)33/h7-23H,4-5H2,1-3,6H3/b12-7-,18-8-,19-14-,25-9+. The Bertz CT molecular complexity index is 1320. The van der Waals surface area contributed by atoms with Crippen molar-refractivity contribution < 1.29 is 0 Å². The molecule has 0 amide bonds. The first-order chi connectivity index (χ1) is 17.1. The fraction of sp³-hybridized carbons (Fsp3) is 0.125. The molecule has 2 aromatic carbocycles. The molecule has 3 heteroatoms. The fourth-order valence-corrected chi connectivity index (χ4v) is 5.22. The van der Waals surface area contributed by atoms with E-state index in [0.29, 0.717) is 0 Å². The Morgan fingerprint density at radius 1 is 0.829 bits per heavy atom. The summed E-state index contributed by atoms with van der Waals surface area (Å²) in [4.78, 5) is 4.70. The van der Waals surface area contributed by atoms with Gasteiger partial charge in [0.25, 0.3) is 6.71 Å². The normalized spacial score (nSPS) is 16.2. The molecule has 0 bridgehead atoms. The zero-order chi connectivity index (χ0) is 24.9. The van der Waals surface area contributed by atoms with Crippen LogP contribution in [0, 0.1) is 0 Å². The van der Waals surface area contributed by atoms with Gasteiger partial charge in [0.2, 0.25) is 0 Å². The van der Waals surface area contributed by atoms with E-state index in [1.807, 2.05) is 25.2 Å². The Labute approximate surface area is 211 Å². The van der Waals surface area contributed by atoms with Crippen LogP contribution < -0.4 is 15.3 Å². The Kier molecular flexibility index (Phi) is 7.26. The van der Waals surface area contributed by atoms with Crippen LogP contribution in [0.15, 0.2) is 144 Å². The highest BCUT2D eigenvalue weighted by molar-refractivity contribution is 6.90. The smallest absolute Gasteiger partial charge is 0.251 e. The van der Waals surface area contributed by atoms with Gasteiger partial charge in [-0.1, -0.05) is 80.0 Å². The molecule has 2 aromatic rings. The molecule has 0 N–H and O–H groups in total. The summed E-state index contributed by atoms with van der Waals surface area (Å²) in [5, 5.41) is 0. The van der Waals surface area contributed by atoms with Crippen LogP contribution in [0.5, 0.6) is 0 Å². The van der Waals surface area contributed by atoms with Gasteiger partial charge in [-0.05, 0) is 80.5 Å². The first-order valence-electron chi connectivity index (χ1n) is 12.2. The molecule has 0 atom stereocenters. The molecule has 0 saturated heterocycles. The number of hydrogen-bond donors (Lipinski definition) is 0. The summed E-state index contributed by atoms with van der Waals surface area (Å²) in [7, 11) is 0. The highest BCUT2D eigenvalue weighted by Gasteiger charge is 2.42. The molecule has 174 valence electrons. The van der Waals surface area contributed by atoms with Crippen molar-refractivity contribution in [3.63, 3.8) is 0 Å². The maximum Gasteiger partial charge on any atom is 0.251 e. The van der Waals surface area contributed by atoms with E-state index in [-0.39, 0.29) is 6.71 Å². The van der Waals surface area contributed by atoms with E-state index in [1.54, 1.807) is 0 Å². The van der Waals surface area contributed by atoms with Crippen LogP contribution in [-0.2, 0) is 0 Å². The average molecular weight is 456 g/mol. The van der Waals surface area contributed by atoms with Crippen molar-refractivity contribution in [1.29, 1.82) is 0 Å². The molecule has 2 aliphatic heterocycles. The summed E-state index contributed by atoms with van der Waals surface area (Å²) in [6.45, 7) is 17.0. The Hall–Kier alpha value is -3.98. The van der Waals surface area contributed by atoms with Crippen LogP contribution in [0.25, 0.3) is 0 Å². The third-order valence-electron chi connectivity index (χ3n) is 6.64. The lowest BCUT2D eigenvalue weighted by Gasteiger charge is -2.44. The molecule has 0 fully saturated rings. The van der Waals surface area contributed by atoms with Crippen molar-refractivity contribution in [3.05, 3.63) is 144 Å². The predicted molar refractivity (Wildman–Crippen MR) is 156 cm³/mol. The van der Waals surface area contributed by atoms with E-state index in [1.165, 1.54) is 33.5 Å². The van der Waals surface area contributed by atoms with Crippen LogP contribution in [0.4, 0.5) is 17.1 Å². The summed E-state index contributed by atoms with van der Waals surface area (Å²) in [6.07, 6.45) is 18.9. The zero-order valence-corrected chi connectivity index (χ0v) is 21.2. The summed E-state index contributed by atoms with van der Waals surface area (Å²) >= 11 is 0. The molecular formula is C32H33BN2. The molecule has 0 aromatic heterocycles. The number of para-hydroxylation sites is 1. The number of anilines is 3. The minimum Gasteiger partial charge on any atom is -0.315 e. The van der Waals surface area contributed by atoms with Crippen molar-refractivity contribution in [3.8, 4) is 0 Å². The third kappa shape index (κ3) is 4.08. The van der Waals surface area contributed by atoms with Crippen molar-refractivity contribution in [1.82, 2.24) is 0 Å². The quantitative estimate of drug-likeness (QED) is 0.308. The first-order valence-corrected chi connectivity index (χ1v) is 12.2. The number of rotatable bonds is 7. The second kappa shape index (κ2) is 10.5. The van der Waals surface area contributed by atoms with E-state index in [0.717, 1.165) is 17.1 Å². The summed E-state index contributed by atoms with van der Waals surface area (Å²) in [5.41, 5.74) is 10.6. The zero-order valence-electron chi connectivity index (χ0n) is 21.2. The van der Waals surface area contributed by atoms with Gasteiger partial charge in [0, 0.05) is 34.2 Å². The number of benzene rings is 2. The van der Waals surface area contributed by atoms with Crippen LogP contribution in [0.3, 0.4) is 0 Å². The summed E-state index contributed by atoms with van der Waals surface area (Å²) in [5.74, 6) is 0. The number of hydrogen-bond acceptors (Lipinski definition) is 2. The van der Waals surface area contributed by atoms with Crippen molar-refractivity contribution in [2.75, 3.05) is 9.80 Å². The second-order valence-electron chi connectivity index (χ2n) is 8.54. The molecule has 2 heterocycles. The van der Waals surface area contributed by atoms with Crippen LogP contribution in [0.2, 0.25) is 0 Å². The number of nitrogens with zero attached hydrogens (tertiary/aromatic N) is 2. The topological polar surface area (TPSA) is 6.48 Å². The maximum absolute atomic E-state index is 4.25. The molecular weight excluding hydrogens is 423 g/mol. The van der Waals surface area contributed by atoms with Crippen LogP contribution >= 0.6 is 0 Å². The molecule has 0 radical (unpaired) electrons. The number of allylic oxidation sites excluding steroid dienone is 12. The Morgan fingerprint density at radius 2 is 1.57 bits per heavy atom. The van der Waals surface area contributed by atoms with Crippen molar-refractivity contribution >= 4 is 29.2 Å². The van der Waals surface area contributed by atoms with Gasteiger partial charge in [0.05, 0.1) is 0 Å². The maximum atomic E-state index is 4.25. The molecule has 2 nitrogen and oxygen atoms in total. The van der Waals surface area contributed by atoms with E-state index in [9.17, 15) is 0 Å². The van der Waals surface area contributed by atoms with Crippen molar-refractivity contribution in [2.24, 2.45) is 0 Å². The van der Waals surface area contributed by atoms with Gasteiger partial charge in [0.15, 0.2) is 0 Å². The first kappa shape index (κ1) is 24.2. The van der Waals surface area contributed by atoms with Crippen LogP contribution in [0.1, 0.15) is 27.7 Å². The second-order valence-corrected chi connectivity index (χ2v) is 8.54. The van der Waals surface area contributed by atoms with Gasteiger partial charge in [-0.2, -0.15) is 0 Å². The Morgan fingerprint density at radius 3 is 2.20 bits per heavy atom.